The van der Waals surface area contributed by atoms with Crippen LogP contribution in [0.1, 0.15) is 29.5 Å². The molecule has 2 aromatic carbocycles. The molecule has 0 N–H and O–H groups in total. The number of Topliss-reactive ketones (excluding diaryl/α,β-unsaturated/α-hetero) is 1. The van der Waals surface area contributed by atoms with Crippen LogP contribution in [0, 0.1) is 0 Å². The van der Waals surface area contributed by atoms with Crippen molar-refractivity contribution >= 4 is 22.3 Å². The first-order valence-corrected chi connectivity index (χ1v) is 8.64. The molecule has 26 heavy (non-hydrogen) atoms. The molecule has 130 valence electrons. The van der Waals surface area contributed by atoms with Gasteiger partial charge >= 0.3 is 5.69 Å². The summed E-state index contributed by atoms with van der Waals surface area (Å²) >= 11 is 0. The fraction of sp³-hybridized carbons (Fsp3) is 0.200. The second-order valence-corrected chi connectivity index (χ2v) is 6.19. The zero-order valence-electron chi connectivity index (χ0n) is 14.4. The first-order chi connectivity index (χ1) is 12.7. The van der Waals surface area contributed by atoms with Gasteiger partial charge < -0.3 is 0 Å². The minimum Gasteiger partial charge on any atom is -0.292 e. The van der Waals surface area contributed by atoms with Crippen molar-refractivity contribution in [3.05, 3.63) is 76.5 Å². The minimum absolute atomic E-state index is 0.0394. The van der Waals surface area contributed by atoms with Gasteiger partial charge in [0.2, 0.25) is 0 Å². The lowest BCUT2D eigenvalue weighted by Crippen LogP contribution is -2.30. The summed E-state index contributed by atoms with van der Waals surface area (Å²) in [4.78, 5) is 30.2. The number of carbonyl (C=O) groups is 1. The monoisotopic (exact) mass is 346 g/mol. The number of ketones is 1. The van der Waals surface area contributed by atoms with Crippen LogP contribution < -0.4 is 5.69 Å². The van der Waals surface area contributed by atoms with Crippen molar-refractivity contribution < 1.29 is 4.79 Å². The summed E-state index contributed by atoms with van der Waals surface area (Å²) in [7, 11) is 0. The van der Waals surface area contributed by atoms with E-state index in [9.17, 15) is 9.59 Å². The Bertz CT molecular complexity index is 1160. The van der Waals surface area contributed by atoms with E-state index in [0.717, 1.165) is 11.8 Å². The van der Waals surface area contributed by atoms with Crippen molar-refractivity contribution in [1.82, 2.24) is 19.2 Å². The molecule has 4 rings (SSSR count). The third kappa shape index (κ3) is 2.69. The van der Waals surface area contributed by atoms with Crippen LogP contribution in [0.15, 0.2) is 59.4 Å². The Labute approximate surface area is 149 Å². The van der Waals surface area contributed by atoms with Crippen LogP contribution in [-0.2, 0) is 13.0 Å². The van der Waals surface area contributed by atoms with Crippen LogP contribution in [0.2, 0.25) is 0 Å². The van der Waals surface area contributed by atoms with Crippen LogP contribution in [0.3, 0.4) is 0 Å². The Morgan fingerprint density at radius 1 is 1.04 bits per heavy atom. The third-order valence-electron chi connectivity index (χ3n) is 4.37. The molecule has 0 radical (unpaired) electrons. The van der Waals surface area contributed by atoms with E-state index in [1.807, 2.05) is 49.4 Å². The average molecular weight is 346 g/mol. The second-order valence-electron chi connectivity index (χ2n) is 6.19. The molecule has 0 saturated heterocycles. The summed E-state index contributed by atoms with van der Waals surface area (Å²) in [6.45, 7) is 2.00. The fourth-order valence-electron chi connectivity index (χ4n) is 3.12. The molecule has 0 saturated carbocycles. The van der Waals surface area contributed by atoms with Crippen molar-refractivity contribution in [2.24, 2.45) is 0 Å². The van der Waals surface area contributed by atoms with Crippen molar-refractivity contribution in [3.8, 4) is 0 Å². The van der Waals surface area contributed by atoms with Gasteiger partial charge in [-0.25, -0.2) is 9.78 Å². The number of aryl methyl sites for hydroxylation is 1. The molecule has 0 spiro atoms. The van der Waals surface area contributed by atoms with Crippen molar-refractivity contribution in [1.29, 1.82) is 0 Å². The molecule has 0 aliphatic rings. The van der Waals surface area contributed by atoms with Gasteiger partial charge in [-0.2, -0.15) is 4.52 Å². The molecule has 0 amide bonds. The Morgan fingerprint density at radius 3 is 2.54 bits per heavy atom. The zero-order valence-corrected chi connectivity index (χ0v) is 14.4. The highest BCUT2D eigenvalue weighted by atomic mass is 16.2. The number of hydrogen-bond donors (Lipinski definition) is 0. The number of carbonyl (C=O) groups excluding carboxylic acids is 1. The van der Waals surface area contributed by atoms with E-state index < -0.39 is 0 Å². The average Bonchev–Trinajstić information content (AvgIpc) is 3.10. The molecule has 0 fully saturated rings. The van der Waals surface area contributed by atoms with E-state index in [0.29, 0.717) is 29.0 Å². The number of aromatic nitrogens is 4. The van der Waals surface area contributed by atoms with Gasteiger partial charge in [-0.05, 0) is 18.6 Å². The van der Waals surface area contributed by atoms with Gasteiger partial charge in [-0.1, -0.05) is 49.4 Å². The summed E-state index contributed by atoms with van der Waals surface area (Å²) in [6.07, 6.45) is 1.61. The molecule has 6 nitrogen and oxygen atoms in total. The number of fused-ring (bicyclic) bond motifs is 3. The maximum absolute atomic E-state index is 13.0. The quantitative estimate of drug-likeness (QED) is 0.521. The third-order valence-corrected chi connectivity index (χ3v) is 4.37. The molecular weight excluding hydrogens is 328 g/mol. The number of nitrogens with zero attached hydrogens (tertiary/aromatic N) is 4. The van der Waals surface area contributed by atoms with Gasteiger partial charge in [0.05, 0.1) is 12.1 Å². The standard InChI is InChI=1S/C20H18N4O2/c1-2-8-18-21-19-15-11-6-7-12-16(15)23(20(26)24(19)22-18)13-17(25)14-9-4-3-5-10-14/h3-7,9-12H,2,8,13H2,1H3. The molecular formula is C20H18N4O2. The van der Waals surface area contributed by atoms with E-state index >= 15 is 0 Å². The molecule has 4 aromatic rings. The van der Waals surface area contributed by atoms with E-state index in [4.69, 9.17) is 0 Å². The molecule has 0 aliphatic carbocycles. The smallest absolute Gasteiger partial charge is 0.292 e. The number of para-hydroxylation sites is 1. The molecule has 0 atom stereocenters. The van der Waals surface area contributed by atoms with E-state index in [2.05, 4.69) is 10.1 Å². The summed E-state index contributed by atoms with van der Waals surface area (Å²) in [5, 5.41) is 5.16. The molecule has 6 heteroatoms. The summed E-state index contributed by atoms with van der Waals surface area (Å²) < 4.78 is 2.79. The first-order valence-electron chi connectivity index (χ1n) is 8.64. The van der Waals surface area contributed by atoms with Crippen molar-refractivity contribution in [2.45, 2.75) is 26.3 Å². The molecule has 0 unspecified atom stereocenters. The lowest BCUT2D eigenvalue weighted by atomic mass is 10.1. The zero-order chi connectivity index (χ0) is 18.1. The summed E-state index contributed by atoms with van der Waals surface area (Å²) in [6, 6.07) is 16.5. The SMILES string of the molecule is CCCc1nc2c3ccccc3n(CC(=O)c3ccccc3)c(=O)n2n1. The Kier molecular flexibility index (Phi) is 4.08. The van der Waals surface area contributed by atoms with Gasteiger partial charge in [-0.15, -0.1) is 5.10 Å². The first kappa shape index (κ1) is 16.2. The Balaban J connectivity index is 1.91. The molecule has 2 aromatic heterocycles. The lowest BCUT2D eigenvalue weighted by Gasteiger charge is -2.10. The van der Waals surface area contributed by atoms with Crippen LogP contribution >= 0.6 is 0 Å². The predicted molar refractivity (Wildman–Crippen MR) is 99.5 cm³/mol. The predicted octanol–water partition coefficient (Wildman–Crippen LogP) is 2.88. The van der Waals surface area contributed by atoms with Gasteiger partial charge in [0.25, 0.3) is 0 Å². The molecule has 2 heterocycles. The number of rotatable bonds is 5. The topological polar surface area (TPSA) is 69.3 Å². The highest BCUT2D eigenvalue weighted by Crippen LogP contribution is 2.17. The lowest BCUT2D eigenvalue weighted by molar-refractivity contribution is 0.0971. The normalized spacial score (nSPS) is 11.3. The Hall–Kier alpha value is -3.28. The minimum atomic E-state index is -0.349. The second kappa shape index (κ2) is 6.55. The summed E-state index contributed by atoms with van der Waals surface area (Å²) in [5.41, 5.74) is 1.45. The van der Waals surface area contributed by atoms with Crippen molar-refractivity contribution in [3.63, 3.8) is 0 Å². The molecule has 0 bridgehead atoms. The van der Waals surface area contributed by atoms with Gasteiger partial charge in [-0.3, -0.25) is 9.36 Å². The molecule has 0 aliphatic heterocycles. The van der Waals surface area contributed by atoms with Gasteiger partial charge in [0.1, 0.15) is 0 Å². The van der Waals surface area contributed by atoms with Crippen LogP contribution in [0.5, 0.6) is 0 Å². The van der Waals surface area contributed by atoms with Crippen LogP contribution in [0.4, 0.5) is 0 Å². The van der Waals surface area contributed by atoms with Crippen LogP contribution in [0.25, 0.3) is 16.6 Å². The fourth-order valence-corrected chi connectivity index (χ4v) is 3.12. The maximum Gasteiger partial charge on any atom is 0.351 e. The number of hydrogen-bond acceptors (Lipinski definition) is 4. The van der Waals surface area contributed by atoms with E-state index in [1.165, 1.54) is 9.08 Å². The maximum atomic E-state index is 13.0. The highest BCUT2D eigenvalue weighted by Gasteiger charge is 2.17. The van der Waals surface area contributed by atoms with Crippen molar-refractivity contribution in [2.75, 3.05) is 0 Å². The van der Waals surface area contributed by atoms with E-state index in [-0.39, 0.29) is 18.0 Å². The van der Waals surface area contributed by atoms with E-state index in [1.54, 1.807) is 12.1 Å². The Morgan fingerprint density at radius 2 is 1.77 bits per heavy atom. The summed E-state index contributed by atoms with van der Waals surface area (Å²) in [5.74, 6) is 0.521. The highest BCUT2D eigenvalue weighted by molar-refractivity contribution is 5.97. The number of benzene rings is 2. The van der Waals surface area contributed by atoms with Crippen LogP contribution in [-0.4, -0.2) is 24.9 Å². The van der Waals surface area contributed by atoms with Gasteiger partial charge in [0.15, 0.2) is 17.3 Å². The largest absolute Gasteiger partial charge is 0.351 e. The van der Waals surface area contributed by atoms with Gasteiger partial charge in [0, 0.05) is 17.4 Å².